The summed E-state index contributed by atoms with van der Waals surface area (Å²) in [6.07, 6.45) is 2.45. The van der Waals surface area contributed by atoms with Gasteiger partial charge in [-0.15, -0.1) is 0 Å². The van der Waals surface area contributed by atoms with Gasteiger partial charge in [-0.2, -0.15) is 0 Å². The molecule has 0 spiro atoms. The van der Waals surface area contributed by atoms with Crippen LogP contribution < -0.4 is 0 Å². The molecular formula is C12H21N. The van der Waals surface area contributed by atoms with Crippen molar-refractivity contribution in [3.63, 3.8) is 0 Å². The summed E-state index contributed by atoms with van der Waals surface area (Å²) in [4.78, 5) is 0. The van der Waals surface area contributed by atoms with Crippen LogP contribution in [0.5, 0.6) is 0 Å². The molecule has 0 N–H and O–H groups in total. The Balaban J connectivity index is 2.92. The Kier molecular flexibility index (Phi) is 3.58. The molecule has 74 valence electrons. The lowest BCUT2D eigenvalue weighted by molar-refractivity contribution is 0.586. The van der Waals surface area contributed by atoms with Gasteiger partial charge < -0.3 is 4.57 Å². The zero-order valence-electron chi connectivity index (χ0n) is 9.30. The van der Waals surface area contributed by atoms with Crippen LogP contribution in [0, 0.1) is 6.92 Å². The Labute approximate surface area is 81.8 Å². The third-order valence-corrected chi connectivity index (χ3v) is 2.80. The second-order valence-electron chi connectivity index (χ2n) is 3.86. The van der Waals surface area contributed by atoms with Crippen LogP contribution in [-0.2, 0) is 6.54 Å². The maximum absolute atomic E-state index is 2.45. The SMILES string of the molecule is CCCn1c(C)ccc1C(C)CC. The smallest absolute Gasteiger partial charge is 0.0222 e. The molecule has 1 unspecified atom stereocenters. The van der Waals surface area contributed by atoms with Crippen molar-refractivity contribution in [3.05, 3.63) is 23.5 Å². The van der Waals surface area contributed by atoms with Gasteiger partial charge in [0.05, 0.1) is 0 Å². The Morgan fingerprint density at radius 2 is 2.00 bits per heavy atom. The van der Waals surface area contributed by atoms with E-state index in [9.17, 15) is 0 Å². The number of aryl methyl sites for hydroxylation is 1. The van der Waals surface area contributed by atoms with Crippen LogP contribution in [0.1, 0.15) is 50.9 Å². The molecule has 0 aliphatic heterocycles. The van der Waals surface area contributed by atoms with E-state index < -0.39 is 0 Å². The molecule has 0 bridgehead atoms. The first-order valence-corrected chi connectivity index (χ1v) is 5.36. The molecule has 0 aliphatic rings. The van der Waals surface area contributed by atoms with E-state index >= 15 is 0 Å². The van der Waals surface area contributed by atoms with E-state index in [1.807, 2.05) is 0 Å². The van der Waals surface area contributed by atoms with Gasteiger partial charge in [-0.05, 0) is 37.8 Å². The highest BCUT2D eigenvalue weighted by atomic mass is 15.0. The van der Waals surface area contributed by atoms with Gasteiger partial charge in [0.2, 0.25) is 0 Å². The molecule has 1 nitrogen and oxygen atoms in total. The van der Waals surface area contributed by atoms with E-state index in [2.05, 4.69) is 44.4 Å². The van der Waals surface area contributed by atoms with Crippen molar-refractivity contribution in [3.8, 4) is 0 Å². The summed E-state index contributed by atoms with van der Waals surface area (Å²) < 4.78 is 2.45. The monoisotopic (exact) mass is 179 g/mol. The van der Waals surface area contributed by atoms with E-state index in [4.69, 9.17) is 0 Å². The lowest BCUT2D eigenvalue weighted by Crippen LogP contribution is -2.06. The maximum Gasteiger partial charge on any atom is 0.0222 e. The number of nitrogens with zero attached hydrogens (tertiary/aromatic N) is 1. The van der Waals surface area contributed by atoms with Gasteiger partial charge in [0.1, 0.15) is 0 Å². The minimum Gasteiger partial charge on any atom is -0.349 e. The van der Waals surface area contributed by atoms with Crippen LogP contribution >= 0.6 is 0 Å². The zero-order chi connectivity index (χ0) is 9.84. The lowest BCUT2D eigenvalue weighted by atomic mass is 10.1. The summed E-state index contributed by atoms with van der Waals surface area (Å²) in [6.45, 7) is 10.2. The first-order valence-electron chi connectivity index (χ1n) is 5.36. The minimum atomic E-state index is 0.695. The molecule has 1 rings (SSSR count). The van der Waals surface area contributed by atoms with Crippen LogP contribution in [-0.4, -0.2) is 4.57 Å². The summed E-state index contributed by atoms with van der Waals surface area (Å²) in [6, 6.07) is 4.51. The summed E-state index contributed by atoms with van der Waals surface area (Å²) in [5.74, 6) is 0.695. The summed E-state index contributed by atoms with van der Waals surface area (Å²) >= 11 is 0. The normalized spacial score (nSPS) is 13.2. The standard InChI is InChI=1S/C12H21N/c1-5-9-13-11(4)7-8-12(13)10(3)6-2/h7-8,10H,5-6,9H2,1-4H3. The van der Waals surface area contributed by atoms with Crippen molar-refractivity contribution in [1.82, 2.24) is 4.57 Å². The highest BCUT2D eigenvalue weighted by molar-refractivity contribution is 5.18. The van der Waals surface area contributed by atoms with Crippen LogP contribution in [0.3, 0.4) is 0 Å². The Morgan fingerprint density at radius 3 is 2.54 bits per heavy atom. The first-order chi connectivity index (χ1) is 6.20. The minimum absolute atomic E-state index is 0.695. The third-order valence-electron chi connectivity index (χ3n) is 2.80. The average molecular weight is 179 g/mol. The van der Waals surface area contributed by atoms with E-state index in [1.54, 1.807) is 0 Å². The zero-order valence-corrected chi connectivity index (χ0v) is 9.30. The topological polar surface area (TPSA) is 4.93 Å². The van der Waals surface area contributed by atoms with Gasteiger partial charge >= 0.3 is 0 Å². The summed E-state index contributed by atoms with van der Waals surface area (Å²) in [5, 5.41) is 0. The van der Waals surface area contributed by atoms with Crippen LogP contribution in [0.25, 0.3) is 0 Å². The quantitative estimate of drug-likeness (QED) is 0.664. The van der Waals surface area contributed by atoms with Crippen molar-refractivity contribution in [2.75, 3.05) is 0 Å². The number of rotatable bonds is 4. The van der Waals surface area contributed by atoms with Crippen molar-refractivity contribution in [2.24, 2.45) is 0 Å². The van der Waals surface area contributed by atoms with Gasteiger partial charge in [0.15, 0.2) is 0 Å². The van der Waals surface area contributed by atoms with Crippen molar-refractivity contribution in [2.45, 2.75) is 53.0 Å². The molecule has 1 heteroatoms. The molecule has 1 aromatic rings. The molecule has 1 atom stereocenters. The van der Waals surface area contributed by atoms with E-state index in [0.717, 1.165) is 0 Å². The molecule has 0 fully saturated rings. The van der Waals surface area contributed by atoms with E-state index in [-0.39, 0.29) is 0 Å². The van der Waals surface area contributed by atoms with Crippen LogP contribution in [0.2, 0.25) is 0 Å². The fourth-order valence-electron chi connectivity index (χ4n) is 1.76. The molecule has 0 saturated heterocycles. The second kappa shape index (κ2) is 4.50. The number of aromatic nitrogens is 1. The highest BCUT2D eigenvalue weighted by Gasteiger charge is 2.09. The number of hydrogen-bond acceptors (Lipinski definition) is 0. The Bertz CT molecular complexity index is 260. The molecule has 0 aliphatic carbocycles. The fourth-order valence-corrected chi connectivity index (χ4v) is 1.76. The van der Waals surface area contributed by atoms with Gasteiger partial charge in [0.25, 0.3) is 0 Å². The lowest BCUT2D eigenvalue weighted by Gasteiger charge is -2.14. The third kappa shape index (κ3) is 2.15. The molecule has 0 aromatic carbocycles. The van der Waals surface area contributed by atoms with Crippen LogP contribution in [0.4, 0.5) is 0 Å². The number of hydrogen-bond donors (Lipinski definition) is 0. The fraction of sp³-hybridized carbons (Fsp3) is 0.667. The van der Waals surface area contributed by atoms with Gasteiger partial charge in [-0.25, -0.2) is 0 Å². The highest BCUT2D eigenvalue weighted by Crippen LogP contribution is 2.21. The second-order valence-corrected chi connectivity index (χ2v) is 3.86. The van der Waals surface area contributed by atoms with Crippen molar-refractivity contribution >= 4 is 0 Å². The Morgan fingerprint density at radius 1 is 1.31 bits per heavy atom. The predicted octanol–water partition coefficient (Wildman–Crippen LogP) is 3.72. The molecule has 1 heterocycles. The van der Waals surface area contributed by atoms with Gasteiger partial charge in [-0.3, -0.25) is 0 Å². The van der Waals surface area contributed by atoms with Gasteiger partial charge in [-0.1, -0.05) is 20.8 Å². The molecule has 1 aromatic heterocycles. The predicted molar refractivity (Wildman–Crippen MR) is 58.2 cm³/mol. The first kappa shape index (κ1) is 10.4. The largest absolute Gasteiger partial charge is 0.349 e. The van der Waals surface area contributed by atoms with Crippen molar-refractivity contribution < 1.29 is 0 Å². The molecule has 0 radical (unpaired) electrons. The average Bonchev–Trinajstić information content (AvgIpc) is 2.48. The summed E-state index contributed by atoms with van der Waals surface area (Å²) in [5.41, 5.74) is 2.90. The molecule has 13 heavy (non-hydrogen) atoms. The Hall–Kier alpha value is -0.720. The maximum atomic E-state index is 2.45. The van der Waals surface area contributed by atoms with E-state index in [1.165, 1.54) is 30.8 Å². The van der Waals surface area contributed by atoms with Gasteiger partial charge in [0, 0.05) is 17.9 Å². The van der Waals surface area contributed by atoms with E-state index in [0.29, 0.717) is 5.92 Å². The van der Waals surface area contributed by atoms with Crippen LogP contribution in [0.15, 0.2) is 12.1 Å². The van der Waals surface area contributed by atoms with Crippen molar-refractivity contribution in [1.29, 1.82) is 0 Å². The summed E-state index contributed by atoms with van der Waals surface area (Å²) in [7, 11) is 0. The molecule has 0 amide bonds. The molecule has 0 saturated carbocycles. The molecular weight excluding hydrogens is 158 g/mol.